The average Bonchev–Trinajstić information content (AvgIpc) is 2.77. The topological polar surface area (TPSA) is 51.2 Å². The summed E-state index contributed by atoms with van der Waals surface area (Å²) in [6.07, 6.45) is 0.593. The van der Waals surface area contributed by atoms with Crippen LogP contribution in [0.3, 0.4) is 0 Å². The van der Waals surface area contributed by atoms with Gasteiger partial charge in [0.25, 0.3) is 0 Å². The van der Waals surface area contributed by atoms with E-state index in [2.05, 4.69) is 21.4 Å². The molecule has 3 N–H and O–H groups in total. The summed E-state index contributed by atoms with van der Waals surface area (Å²) >= 11 is 15.3. The first kappa shape index (κ1) is 13.9. The van der Waals surface area contributed by atoms with Gasteiger partial charge in [0.1, 0.15) is 5.76 Å². The van der Waals surface area contributed by atoms with Crippen LogP contribution in [0.15, 0.2) is 39.4 Å². The quantitative estimate of drug-likeness (QED) is 0.645. The Morgan fingerprint density at radius 1 is 1.28 bits per heavy atom. The second-order valence-electron chi connectivity index (χ2n) is 3.80. The maximum absolute atomic E-state index is 6.12. The maximum atomic E-state index is 6.12. The molecule has 0 radical (unpaired) electrons. The van der Waals surface area contributed by atoms with E-state index < -0.39 is 0 Å². The van der Waals surface area contributed by atoms with Gasteiger partial charge in [0.05, 0.1) is 6.04 Å². The largest absolute Gasteiger partial charge is 0.453 e. The summed E-state index contributed by atoms with van der Waals surface area (Å²) in [6, 6.07) is 8.86. The Morgan fingerprint density at radius 2 is 2.06 bits per heavy atom. The molecule has 0 spiro atoms. The fraction of sp³-hybridized carbons (Fsp3) is 0.167. The third-order valence-electron chi connectivity index (χ3n) is 2.57. The van der Waals surface area contributed by atoms with E-state index >= 15 is 0 Å². The Bertz CT molecular complexity index is 545. The third-order valence-corrected chi connectivity index (χ3v) is 3.60. The van der Waals surface area contributed by atoms with Crippen molar-refractivity contribution < 1.29 is 4.42 Å². The highest BCUT2D eigenvalue weighted by Crippen LogP contribution is 2.27. The van der Waals surface area contributed by atoms with Gasteiger partial charge in [-0.1, -0.05) is 23.2 Å². The number of hydrogen-bond acceptors (Lipinski definition) is 3. The van der Waals surface area contributed by atoms with Crippen LogP contribution in [0, 0.1) is 0 Å². The molecule has 1 aromatic carbocycles. The minimum atomic E-state index is -0.160. The van der Waals surface area contributed by atoms with E-state index in [-0.39, 0.29) is 6.04 Å². The first-order chi connectivity index (χ1) is 8.60. The Balaban J connectivity index is 2.22. The highest BCUT2D eigenvalue weighted by atomic mass is 79.9. The molecule has 18 heavy (non-hydrogen) atoms. The zero-order valence-corrected chi connectivity index (χ0v) is 12.4. The van der Waals surface area contributed by atoms with E-state index in [4.69, 9.17) is 33.5 Å². The van der Waals surface area contributed by atoms with Crippen molar-refractivity contribution in [1.29, 1.82) is 0 Å². The summed E-state index contributed by atoms with van der Waals surface area (Å²) in [7, 11) is 0. The van der Waals surface area contributed by atoms with Gasteiger partial charge in [0.15, 0.2) is 4.67 Å². The molecule has 3 nitrogen and oxygen atoms in total. The van der Waals surface area contributed by atoms with Crippen molar-refractivity contribution in [1.82, 2.24) is 5.43 Å². The molecule has 0 aliphatic carbocycles. The Morgan fingerprint density at radius 3 is 2.67 bits per heavy atom. The van der Waals surface area contributed by atoms with Crippen LogP contribution in [-0.4, -0.2) is 0 Å². The van der Waals surface area contributed by atoms with Crippen molar-refractivity contribution >= 4 is 39.1 Å². The van der Waals surface area contributed by atoms with Crippen molar-refractivity contribution in [2.45, 2.75) is 12.5 Å². The first-order valence-corrected chi connectivity index (χ1v) is 6.80. The van der Waals surface area contributed by atoms with Crippen LogP contribution in [0.1, 0.15) is 17.4 Å². The summed E-state index contributed by atoms with van der Waals surface area (Å²) in [5.74, 6) is 6.29. The number of nitrogens with one attached hydrogen (secondary N) is 1. The lowest BCUT2D eigenvalue weighted by Gasteiger charge is -2.14. The number of hydrazine groups is 1. The predicted molar refractivity (Wildman–Crippen MR) is 76.6 cm³/mol. The summed E-state index contributed by atoms with van der Waals surface area (Å²) in [6.45, 7) is 0. The molecule has 1 atom stereocenters. The molecule has 0 saturated heterocycles. The van der Waals surface area contributed by atoms with Crippen LogP contribution in [0.5, 0.6) is 0 Å². The van der Waals surface area contributed by atoms with Crippen LogP contribution < -0.4 is 11.3 Å². The van der Waals surface area contributed by atoms with Gasteiger partial charge >= 0.3 is 0 Å². The van der Waals surface area contributed by atoms with E-state index in [0.717, 1.165) is 11.3 Å². The summed E-state index contributed by atoms with van der Waals surface area (Å²) in [4.78, 5) is 0. The zero-order valence-electron chi connectivity index (χ0n) is 9.29. The molecule has 0 bridgehead atoms. The van der Waals surface area contributed by atoms with Crippen LogP contribution in [0.25, 0.3) is 0 Å². The van der Waals surface area contributed by atoms with Gasteiger partial charge in [-0.25, -0.2) is 5.43 Å². The highest BCUT2D eigenvalue weighted by molar-refractivity contribution is 9.10. The van der Waals surface area contributed by atoms with Crippen molar-refractivity contribution in [3.63, 3.8) is 0 Å². The van der Waals surface area contributed by atoms with E-state index in [1.807, 2.05) is 18.2 Å². The van der Waals surface area contributed by atoms with Gasteiger partial charge < -0.3 is 4.42 Å². The molecule has 1 unspecified atom stereocenters. The van der Waals surface area contributed by atoms with Gasteiger partial charge in [-0.05, 0) is 58.2 Å². The number of nitrogens with two attached hydrogens (primary N) is 1. The van der Waals surface area contributed by atoms with Gasteiger partial charge in [0, 0.05) is 10.0 Å². The summed E-state index contributed by atoms with van der Waals surface area (Å²) in [5, 5.41) is 1.30. The molecule has 2 aromatic rings. The molecule has 0 aliphatic rings. The SMILES string of the molecule is NNC(Cc1cc(Cl)ccc1Cl)c1ccc(Br)o1. The average molecular weight is 350 g/mol. The molecule has 1 aromatic heterocycles. The van der Waals surface area contributed by atoms with Gasteiger partial charge in [-0.3, -0.25) is 5.84 Å². The van der Waals surface area contributed by atoms with Crippen LogP contribution in [0.4, 0.5) is 0 Å². The molecular formula is C12H11BrCl2N2O. The molecule has 0 saturated carbocycles. The zero-order chi connectivity index (χ0) is 13.1. The van der Waals surface area contributed by atoms with E-state index in [1.54, 1.807) is 12.1 Å². The van der Waals surface area contributed by atoms with Gasteiger partial charge in [0.2, 0.25) is 0 Å². The van der Waals surface area contributed by atoms with Crippen molar-refractivity contribution in [3.05, 3.63) is 56.4 Å². The van der Waals surface area contributed by atoms with Crippen molar-refractivity contribution in [2.75, 3.05) is 0 Å². The molecule has 0 amide bonds. The first-order valence-electron chi connectivity index (χ1n) is 5.25. The minimum absolute atomic E-state index is 0.160. The molecule has 96 valence electrons. The molecule has 0 fully saturated rings. The normalized spacial score (nSPS) is 12.7. The number of halogens is 3. The van der Waals surface area contributed by atoms with Gasteiger partial charge in [-0.15, -0.1) is 0 Å². The van der Waals surface area contributed by atoms with Crippen molar-refractivity contribution in [3.8, 4) is 0 Å². The van der Waals surface area contributed by atoms with Crippen LogP contribution >= 0.6 is 39.1 Å². The number of rotatable bonds is 4. The number of furan rings is 1. The van der Waals surface area contributed by atoms with Gasteiger partial charge in [-0.2, -0.15) is 0 Å². The number of hydrogen-bond donors (Lipinski definition) is 2. The summed E-state index contributed by atoms with van der Waals surface area (Å²) < 4.78 is 6.14. The monoisotopic (exact) mass is 348 g/mol. The third kappa shape index (κ3) is 3.28. The second-order valence-corrected chi connectivity index (χ2v) is 5.43. The molecular weight excluding hydrogens is 339 g/mol. The molecule has 1 heterocycles. The Hall–Kier alpha value is -0.520. The lowest BCUT2D eigenvalue weighted by Crippen LogP contribution is -2.29. The minimum Gasteiger partial charge on any atom is -0.453 e. The van der Waals surface area contributed by atoms with E-state index in [0.29, 0.717) is 21.1 Å². The fourth-order valence-corrected chi connectivity index (χ4v) is 2.39. The second kappa shape index (κ2) is 6.08. The predicted octanol–water partition coefficient (Wildman–Crippen LogP) is 4.10. The standard InChI is InChI=1S/C12H11BrCl2N2O/c13-12-4-3-11(18-12)10(17-16)6-7-5-8(14)1-2-9(7)15/h1-5,10,17H,6,16H2. The maximum Gasteiger partial charge on any atom is 0.169 e. The Labute approximate surface area is 123 Å². The van der Waals surface area contributed by atoms with Crippen LogP contribution in [0.2, 0.25) is 10.0 Å². The Kier molecular flexibility index (Phi) is 4.70. The van der Waals surface area contributed by atoms with E-state index in [1.165, 1.54) is 0 Å². The van der Waals surface area contributed by atoms with Crippen LogP contribution in [-0.2, 0) is 6.42 Å². The molecule has 2 rings (SSSR count). The summed E-state index contributed by atoms with van der Waals surface area (Å²) in [5.41, 5.74) is 3.63. The number of benzene rings is 1. The lowest BCUT2D eigenvalue weighted by atomic mass is 10.0. The molecule has 0 aliphatic heterocycles. The van der Waals surface area contributed by atoms with E-state index in [9.17, 15) is 0 Å². The highest BCUT2D eigenvalue weighted by Gasteiger charge is 2.16. The lowest BCUT2D eigenvalue weighted by molar-refractivity contribution is 0.405. The smallest absolute Gasteiger partial charge is 0.169 e. The van der Waals surface area contributed by atoms with Crippen molar-refractivity contribution in [2.24, 2.45) is 5.84 Å². The fourth-order valence-electron chi connectivity index (χ4n) is 1.68. The molecule has 6 heteroatoms.